The minimum absolute atomic E-state index is 0.256. The lowest BCUT2D eigenvalue weighted by Crippen LogP contribution is -2.22. The molecule has 27 heavy (non-hydrogen) atoms. The molecule has 2 heterocycles. The number of fused-ring (bicyclic) bond motifs is 3. The number of ether oxygens (including phenoxy) is 1. The van der Waals surface area contributed by atoms with E-state index in [2.05, 4.69) is 40.1 Å². The highest BCUT2D eigenvalue weighted by atomic mass is 16.5. The van der Waals surface area contributed by atoms with Crippen molar-refractivity contribution in [3.63, 3.8) is 0 Å². The monoisotopic (exact) mass is 360 g/mol. The van der Waals surface area contributed by atoms with Crippen molar-refractivity contribution in [3.05, 3.63) is 60.4 Å². The number of esters is 1. The van der Waals surface area contributed by atoms with Crippen molar-refractivity contribution in [2.75, 3.05) is 18.6 Å². The van der Waals surface area contributed by atoms with Gasteiger partial charge in [-0.05, 0) is 31.2 Å². The van der Waals surface area contributed by atoms with Crippen LogP contribution in [0.5, 0.6) is 0 Å². The number of para-hydroxylation sites is 1. The molecular formula is C21H20N4O2. The van der Waals surface area contributed by atoms with E-state index in [1.54, 1.807) is 6.33 Å². The highest BCUT2D eigenvalue weighted by Gasteiger charge is 2.18. The predicted molar refractivity (Wildman–Crippen MR) is 106 cm³/mol. The molecule has 0 unspecified atom stereocenters. The summed E-state index contributed by atoms with van der Waals surface area (Å²) < 4.78 is 4.81. The Balaban J connectivity index is 1.87. The quantitative estimate of drug-likeness (QED) is 0.542. The summed E-state index contributed by atoms with van der Waals surface area (Å²) in [6.07, 6.45) is 1.83. The first-order valence-electron chi connectivity index (χ1n) is 8.80. The van der Waals surface area contributed by atoms with Gasteiger partial charge in [0.25, 0.3) is 0 Å². The zero-order valence-electron chi connectivity index (χ0n) is 15.3. The maximum Gasteiger partial charge on any atom is 0.307 e. The Kier molecular flexibility index (Phi) is 4.46. The van der Waals surface area contributed by atoms with E-state index in [1.807, 2.05) is 35.2 Å². The highest BCUT2D eigenvalue weighted by Crippen LogP contribution is 2.33. The third-order valence-corrected chi connectivity index (χ3v) is 4.61. The van der Waals surface area contributed by atoms with Gasteiger partial charge in [0.1, 0.15) is 17.4 Å². The van der Waals surface area contributed by atoms with Crippen molar-refractivity contribution >= 4 is 39.4 Å². The maximum atomic E-state index is 11.7. The van der Waals surface area contributed by atoms with Crippen LogP contribution in [0.3, 0.4) is 0 Å². The number of carbonyl (C=O) groups excluding carboxylic acids is 1. The second-order valence-corrected chi connectivity index (χ2v) is 6.41. The Morgan fingerprint density at radius 2 is 1.96 bits per heavy atom. The molecule has 2 aromatic carbocycles. The summed E-state index contributed by atoms with van der Waals surface area (Å²) in [5, 5.41) is 1.06. The van der Waals surface area contributed by atoms with E-state index < -0.39 is 0 Å². The Hall–Kier alpha value is -3.41. The van der Waals surface area contributed by atoms with Crippen LogP contribution in [0.2, 0.25) is 0 Å². The molecule has 0 aliphatic carbocycles. The fourth-order valence-electron chi connectivity index (χ4n) is 3.27. The topological polar surface area (TPSA) is 71.1 Å². The number of nitrogens with one attached hydrogen (secondary N) is 1. The number of anilines is 2. The van der Waals surface area contributed by atoms with E-state index in [1.165, 1.54) is 12.7 Å². The third-order valence-electron chi connectivity index (χ3n) is 4.61. The SMILES string of the molecule is COC(=O)CCN(c1ccccc1)c1ncnc2c1[nH]c1ccc(C)cc12. The van der Waals surface area contributed by atoms with Crippen molar-refractivity contribution in [2.45, 2.75) is 13.3 Å². The Bertz CT molecular complexity index is 1110. The molecule has 0 fully saturated rings. The second-order valence-electron chi connectivity index (χ2n) is 6.41. The van der Waals surface area contributed by atoms with E-state index in [4.69, 9.17) is 4.74 Å². The maximum absolute atomic E-state index is 11.7. The number of hydrogen-bond donors (Lipinski definition) is 1. The van der Waals surface area contributed by atoms with Gasteiger partial charge in [-0.2, -0.15) is 0 Å². The fraction of sp³-hybridized carbons (Fsp3) is 0.190. The first-order chi connectivity index (χ1) is 13.2. The summed E-state index contributed by atoms with van der Waals surface area (Å²) in [6, 6.07) is 16.1. The summed E-state index contributed by atoms with van der Waals surface area (Å²) in [5.74, 6) is 0.484. The number of nitrogens with zero attached hydrogens (tertiary/aromatic N) is 3. The normalized spacial score (nSPS) is 11.0. The van der Waals surface area contributed by atoms with Crippen LogP contribution in [-0.2, 0) is 9.53 Å². The number of benzene rings is 2. The average molecular weight is 360 g/mol. The molecule has 0 saturated heterocycles. The van der Waals surface area contributed by atoms with Crippen LogP contribution in [0, 0.1) is 6.92 Å². The molecule has 0 saturated carbocycles. The molecule has 1 N–H and O–H groups in total. The molecule has 6 nitrogen and oxygen atoms in total. The molecule has 0 bridgehead atoms. The molecule has 0 spiro atoms. The average Bonchev–Trinajstić information content (AvgIpc) is 3.07. The number of aryl methyl sites for hydroxylation is 1. The van der Waals surface area contributed by atoms with Gasteiger partial charge < -0.3 is 14.6 Å². The van der Waals surface area contributed by atoms with Gasteiger partial charge in [0.15, 0.2) is 5.82 Å². The van der Waals surface area contributed by atoms with Gasteiger partial charge in [0.2, 0.25) is 0 Å². The van der Waals surface area contributed by atoms with Crippen molar-refractivity contribution in [1.82, 2.24) is 15.0 Å². The molecule has 0 atom stereocenters. The number of H-pyrrole nitrogens is 1. The third kappa shape index (κ3) is 3.21. The molecule has 0 amide bonds. The van der Waals surface area contributed by atoms with E-state index in [0.29, 0.717) is 6.54 Å². The lowest BCUT2D eigenvalue weighted by molar-refractivity contribution is -0.140. The van der Waals surface area contributed by atoms with E-state index >= 15 is 0 Å². The minimum Gasteiger partial charge on any atom is -0.469 e. The number of rotatable bonds is 5. The van der Waals surface area contributed by atoms with Gasteiger partial charge >= 0.3 is 5.97 Å². The standard InChI is InChI=1S/C21H20N4O2/c1-14-8-9-17-16(12-14)19-20(24-17)21(23-13-22-19)25(11-10-18(26)27-2)15-6-4-3-5-7-15/h3-9,12-13,24H,10-11H2,1-2H3. The Labute approximate surface area is 156 Å². The van der Waals surface area contributed by atoms with Crippen LogP contribution in [0.15, 0.2) is 54.9 Å². The summed E-state index contributed by atoms with van der Waals surface area (Å²) in [7, 11) is 1.40. The molecule has 0 radical (unpaired) electrons. The van der Waals surface area contributed by atoms with Crippen LogP contribution in [0.4, 0.5) is 11.5 Å². The predicted octanol–water partition coefficient (Wildman–Crippen LogP) is 4.12. The van der Waals surface area contributed by atoms with Crippen LogP contribution in [-0.4, -0.2) is 34.6 Å². The zero-order valence-corrected chi connectivity index (χ0v) is 15.3. The van der Waals surface area contributed by atoms with E-state index in [-0.39, 0.29) is 12.4 Å². The molecule has 0 aliphatic rings. The van der Waals surface area contributed by atoms with Gasteiger partial charge in [0, 0.05) is 23.1 Å². The number of methoxy groups -OCH3 is 1. The summed E-state index contributed by atoms with van der Waals surface area (Å²) in [4.78, 5) is 26.2. The van der Waals surface area contributed by atoms with Crippen molar-refractivity contribution in [3.8, 4) is 0 Å². The van der Waals surface area contributed by atoms with Crippen LogP contribution in [0.25, 0.3) is 21.9 Å². The summed E-state index contributed by atoms with van der Waals surface area (Å²) >= 11 is 0. The number of hydrogen-bond acceptors (Lipinski definition) is 5. The lowest BCUT2D eigenvalue weighted by atomic mass is 10.1. The lowest BCUT2D eigenvalue weighted by Gasteiger charge is -2.23. The van der Waals surface area contributed by atoms with Gasteiger partial charge in [-0.15, -0.1) is 0 Å². The smallest absolute Gasteiger partial charge is 0.307 e. The molecule has 4 rings (SSSR count). The van der Waals surface area contributed by atoms with Crippen LogP contribution in [0.1, 0.15) is 12.0 Å². The van der Waals surface area contributed by atoms with Crippen molar-refractivity contribution in [1.29, 1.82) is 0 Å². The highest BCUT2D eigenvalue weighted by molar-refractivity contribution is 6.08. The van der Waals surface area contributed by atoms with Crippen molar-refractivity contribution in [2.24, 2.45) is 0 Å². The fourth-order valence-corrected chi connectivity index (χ4v) is 3.27. The van der Waals surface area contributed by atoms with Crippen LogP contribution >= 0.6 is 0 Å². The summed E-state index contributed by atoms with van der Waals surface area (Å²) in [6.45, 7) is 2.52. The Morgan fingerprint density at radius 1 is 1.15 bits per heavy atom. The van der Waals surface area contributed by atoms with Gasteiger partial charge in [-0.3, -0.25) is 4.79 Å². The molecule has 6 heteroatoms. The largest absolute Gasteiger partial charge is 0.469 e. The first kappa shape index (κ1) is 17.0. The molecule has 136 valence electrons. The number of carbonyl (C=O) groups is 1. The Morgan fingerprint density at radius 3 is 2.74 bits per heavy atom. The van der Waals surface area contributed by atoms with Crippen LogP contribution < -0.4 is 4.90 Å². The molecule has 0 aliphatic heterocycles. The number of aromatic amines is 1. The summed E-state index contributed by atoms with van der Waals surface area (Å²) in [5.41, 5.74) is 4.87. The minimum atomic E-state index is -0.256. The molecule has 2 aromatic heterocycles. The zero-order chi connectivity index (χ0) is 18.8. The second kappa shape index (κ2) is 7.07. The van der Waals surface area contributed by atoms with Crippen molar-refractivity contribution < 1.29 is 9.53 Å². The van der Waals surface area contributed by atoms with E-state index in [0.717, 1.165) is 33.4 Å². The number of aromatic nitrogens is 3. The molecule has 4 aromatic rings. The van der Waals surface area contributed by atoms with Gasteiger partial charge in [-0.1, -0.05) is 29.8 Å². The first-order valence-corrected chi connectivity index (χ1v) is 8.80. The van der Waals surface area contributed by atoms with Gasteiger partial charge in [0.05, 0.1) is 13.5 Å². The molecular weight excluding hydrogens is 340 g/mol. The van der Waals surface area contributed by atoms with E-state index in [9.17, 15) is 4.79 Å². The van der Waals surface area contributed by atoms with Gasteiger partial charge in [-0.25, -0.2) is 9.97 Å².